The van der Waals surface area contributed by atoms with E-state index in [2.05, 4.69) is 20.2 Å². The smallest absolute Gasteiger partial charge is 0.163 e. The molecule has 1 aliphatic heterocycles. The van der Waals surface area contributed by atoms with Gasteiger partial charge >= 0.3 is 0 Å². The summed E-state index contributed by atoms with van der Waals surface area (Å²) >= 11 is 0. The van der Waals surface area contributed by atoms with Gasteiger partial charge in [-0.15, -0.1) is 0 Å². The van der Waals surface area contributed by atoms with E-state index in [9.17, 15) is 0 Å². The second kappa shape index (κ2) is 4.18. The van der Waals surface area contributed by atoms with E-state index in [-0.39, 0.29) is 0 Å². The summed E-state index contributed by atoms with van der Waals surface area (Å²) in [6.45, 7) is 4.07. The first-order valence-electron chi connectivity index (χ1n) is 5.81. The lowest BCUT2D eigenvalue weighted by atomic mass is 10.2. The molecule has 3 rings (SSSR count). The van der Waals surface area contributed by atoms with Gasteiger partial charge in [0, 0.05) is 43.4 Å². The monoisotopic (exact) mass is 229 g/mol. The Labute approximate surface area is 99.7 Å². The van der Waals surface area contributed by atoms with Crippen LogP contribution in [0.15, 0.2) is 24.4 Å². The molecular formula is C12H15N5. The Morgan fingerprint density at radius 3 is 2.82 bits per heavy atom. The first-order valence-corrected chi connectivity index (χ1v) is 5.81. The van der Waals surface area contributed by atoms with Crippen molar-refractivity contribution in [2.75, 3.05) is 36.8 Å². The zero-order valence-corrected chi connectivity index (χ0v) is 9.56. The first-order chi connectivity index (χ1) is 8.34. The van der Waals surface area contributed by atoms with E-state index in [1.165, 1.54) is 5.69 Å². The summed E-state index contributed by atoms with van der Waals surface area (Å²) in [6, 6.07) is 5.88. The van der Waals surface area contributed by atoms with Crippen LogP contribution < -0.4 is 16.0 Å². The average Bonchev–Trinajstić information content (AvgIpc) is 2.39. The molecule has 0 aromatic carbocycles. The van der Waals surface area contributed by atoms with Gasteiger partial charge in [0.25, 0.3) is 0 Å². The molecule has 1 saturated heterocycles. The van der Waals surface area contributed by atoms with Gasteiger partial charge in [0.05, 0.1) is 0 Å². The Hall–Kier alpha value is -1.88. The van der Waals surface area contributed by atoms with Crippen LogP contribution in [-0.2, 0) is 0 Å². The zero-order valence-electron chi connectivity index (χ0n) is 9.56. The van der Waals surface area contributed by atoms with E-state index < -0.39 is 0 Å². The van der Waals surface area contributed by atoms with Crippen LogP contribution in [-0.4, -0.2) is 36.1 Å². The molecule has 0 unspecified atom stereocenters. The zero-order chi connectivity index (χ0) is 11.7. The highest BCUT2D eigenvalue weighted by atomic mass is 15.2. The lowest BCUT2D eigenvalue weighted by Crippen LogP contribution is -2.43. The van der Waals surface area contributed by atoms with Gasteiger partial charge in [-0.1, -0.05) is 0 Å². The third kappa shape index (κ3) is 1.89. The van der Waals surface area contributed by atoms with Crippen LogP contribution in [0.3, 0.4) is 0 Å². The number of nitrogens with zero attached hydrogens (tertiary/aromatic N) is 3. The van der Waals surface area contributed by atoms with Crippen molar-refractivity contribution in [1.29, 1.82) is 0 Å². The molecule has 5 nitrogen and oxygen atoms in total. The summed E-state index contributed by atoms with van der Waals surface area (Å²) in [7, 11) is 0. The standard InChI is InChI=1S/C12H15N5/c13-11-2-1-9-10(3-4-15-12(9)16-11)17-7-5-14-6-8-17/h1-4,14H,5-8H2,(H2,13,15,16). The van der Waals surface area contributed by atoms with Gasteiger partial charge in [0.1, 0.15) is 5.82 Å². The number of pyridine rings is 2. The van der Waals surface area contributed by atoms with Crippen molar-refractivity contribution in [3.05, 3.63) is 24.4 Å². The summed E-state index contributed by atoms with van der Waals surface area (Å²) in [6.07, 6.45) is 1.80. The molecular weight excluding hydrogens is 214 g/mol. The predicted molar refractivity (Wildman–Crippen MR) is 69.0 cm³/mol. The van der Waals surface area contributed by atoms with Gasteiger partial charge in [-0.2, -0.15) is 0 Å². The SMILES string of the molecule is Nc1ccc2c(N3CCNCC3)ccnc2n1. The molecule has 88 valence electrons. The van der Waals surface area contributed by atoms with Gasteiger partial charge in [-0.3, -0.25) is 0 Å². The number of anilines is 2. The molecule has 3 heterocycles. The van der Waals surface area contributed by atoms with Crippen molar-refractivity contribution in [2.24, 2.45) is 0 Å². The molecule has 0 saturated carbocycles. The number of fused-ring (bicyclic) bond motifs is 1. The summed E-state index contributed by atoms with van der Waals surface area (Å²) in [5.74, 6) is 0.516. The van der Waals surface area contributed by atoms with Crippen LogP contribution >= 0.6 is 0 Å². The third-order valence-electron chi connectivity index (χ3n) is 3.06. The number of aromatic nitrogens is 2. The van der Waals surface area contributed by atoms with E-state index in [4.69, 9.17) is 5.73 Å². The Kier molecular flexibility index (Phi) is 2.53. The van der Waals surface area contributed by atoms with Gasteiger partial charge < -0.3 is 16.0 Å². The summed E-state index contributed by atoms with van der Waals surface area (Å²) in [5, 5.41) is 4.42. The largest absolute Gasteiger partial charge is 0.384 e. The second-order valence-corrected chi connectivity index (χ2v) is 4.17. The van der Waals surface area contributed by atoms with Crippen molar-refractivity contribution >= 4 is 22.5 Å². The molecule has 0 radical (unpaired) electrons. The van der Waals surface area contributed by atoms with E-state index in [1.54, 1.807) is 6.20 Å². The topological polar surface area (TPSA) is 67.1 Å². The number of hydrogen-bond acceptors (Lipinski definition) is 5. The third-order valence-corrected chi connectivity index (χ3v) is 3.06. The van der Waals surface area contributed by atoms with Crippen molar-refractivity contribution in [1.82, 2.24) is 15.3 Å². The van der Waals surface area contributed by atoms with Crippen LogP contribution in [0.1, 0.15) is 0 Å². The fourth-order valence-electron chi connectivity index (χ4n) is 2.21. The van der Waals surface area contributed by atoms with E-state index >= 15 is 0 Å². The molecule has 1 aliphatic rings. The van der Waals surface area contributed by atoms with Crippen LogP contribution in [0.5, 0.6) is 0 Å². The number of rotatable bonds is 1. The minimum atomic E-state index is 0.516. The Morgan fingerprint density at radius 2 is 2.00 bits per heavy atom. The van der Waals surface area contributed by atoms with Gasteiger partial charge in [0.2, 0.25) is 0 Å². The van der Waals surface area contributed by atoms with Crippen molar-refractivity contribution < 1.29 is 0 Å². The highest BCUT2D eigenvalue weighted by Gasteiger charge is 2.13. The maximum atomic E-state index is 5.68. The molecule has 0 atom stereocenters. The van der Waals surface area contributed by atoms with E-state index in [0.29, 0.717) is 5.82 Å². The van der Waals surface area contributed by atoms with Crippen LogP contribution in [0.25, 0.3) is 11.0 Å². The number of nitrogens with two attached hydrogens (primary N) is 1. The first kappa shape index (κ1) is 10.3. The lowest BCUT2D eigenvalue weighted by Gasteiger charge is -2.30. The number of nitrogens with one attached hydrogen (secondary N) is 1. The van der Waals surface area contributed by atoms with Crippen LogP contribution in [0, 0.1) is 0 Å². The predicted octanol–water partition coefficient (Wildman–Crippen LogP) is 0.622. The highest BCUT2D eigenvalue weighted by molar-refractivity contribution is 5.90. The molecule has 0 spiro atoms. The minimum Gasteiger partial charge on any atom is -0.384 e. The Balaban J connectivity index is 2.09. The fraction of sp³-hybridized carbons (Fsp3) is 0.333. The summed E-state index contributed by atoms with van der Waals surface area (Å²) < 4.78 is 0. The quantitative estimate of drug-likeness (QED) is 0.750. The van der Waals surface area contributed by atoms with Gasteiger partial charge in [-0.25, -0.2) is 9.97 Å². The molecule has 3 N–H and O–H groups in total. The van der Waals surface area contributed by atoms with Crippen molar-refractivity contribution in [3.8, 4) is 0 Å². The van der Waals surface area contributed by atoms with E-state index in [0.717, 1.165) is 37.2 Å². The molecule has 5 heteroatoms. The Bertz CT molecular complexity index is 533. The minimum absolute atomic E-state index is 0.516. The van der Waals surface area contributed by atoms with Gasteiger partial charge in [0.15, 0.2) is 5.65 Å². The average molecular weight is 229 g/mol. The maximum Gasteiger partial charge on any atom is 0.163 e. The molecule has 0 amide bonds. The van der Waals surface area contributed by atoms with E-state index in [1.807, 2.05) is 18.2 Å². The summed E-state index contributed by atoms with van der Waals surface area (Å²) in [4.78, 5) is 10.9. The molecule has 0 aliphatic carbocycles. The lowest BCUT2D eigenvalue weighted by molar-refractivity contribution is 0.590. The highest BCUT2D eigenvalue weighted by Crippen LogP contribution is 2.25. The van der Waals surface area contributed by atoms with Crippen molar-refractivity contribution in [2.45, 2.75) is 0 Å². The number of hydrogen-bond donors (Lipinski definition) is 2. The van der Waals surface area contributed by atoms with Gasteiger partial charge in [-0.05, 0) is 18.2 Å². The molecule has 1 fully saturated rings. The maximum absolute atomic E-state index is 5.68. The molecule has 17 heavy (non-hydrogen) atoms. The molecule has 2 aromatic rings. The van der Waals surface area contributed by atoms with Crippen LogP contribution in [0.2, 0.25) is 0 Å². The summed E-state index contributed by atoms with van der Waals surface area (Å²) in [5.41, 5.74) is 7.60. The molecule has 0 bridgehead atoms. The van der Waals surface area contributed by atoms with Crippen molar-refractivity contribution in [3.63, 3.8) is 0 Å². The Morgan fingerprint density at radius 1 is 1.18 bits per heavy atom. The second-order valence-electron chi connectivity index (χ2n) is 4.17. The number of piperazine rings is 1. The fourth-order valence-corrected chi connectivity index (χ4v) is 2.21. The van der Waals surface area contributed by atoms with Crippen LogP contribution in [0.4, 0.5) is 11.5 Å². The molecule has 2 aromatic heterocycles. The number of nitrogen functional groups attached to an aromatic ring is 1. The normalized spacial score (nSPS) is 16.4.